The third kappa shape index (κ3) is 3.14. The molecule has 2 aromatic rings. The Labute approximate surface area is 115 Å². The molecule has 2 heterocycles. The van der Waals surface area contributed by atoms with Crippen LogP contribution < -0.4 is 5.32 Å². The number of aromatic nitrogens is 2. The molecule has 0 radical (unpaired) electrons. The molecule has 1 saturated heterocycles. The monoisotopic (exact) mass is 274 g/mol. The van der Waals surface area contributed by atoms with Gasteiger partial charge in [0, 0.05) is 12.2 Å². The van der Waals surface area contributed by atoms with Crippen LogP contribution in [0.3, 0.4) is 0 Å². The second-order valence-electron chi connectivity index (χ2n) is 4.19. The highest BCUT2D eigenvalue weighted by atomic mass is 32.2. The molecule has 0 bridgehead atoms. The van der Waals surface area contributed by atoms with Crippen LogP contribution in [-0.2, 0) is 6.42 Å². The summed E-state index contributed by atoms with van der Waals surface area (Å²) in [5, 5.41) is 8.00. The average molecular weight is 274 g/mol. The molecule has 1 atom stereocenters. The lowest BCUT2D eigenvalue weighted by Gasteiger charge is -2.09. The molecule has 5 nitrogen and oxygen atoms in total. The van der Waals surface area contributed by atoms with Gasteiger partial charge in [-0.3, -0.25) is 4.99 Å². The van der Waals surface area contributed by atoms with Crippen LogP contribution in [0.5, 0.6) is 0 Å². The first-order valence-corrected chi connectivity index (χ1v) is 7.14. The van der Waals surface area contributed by atoms with E-state index >= 15 is 0 Å². The van der Waals surface area contributed by atoms with Crippen molar-refractivity contribution in [3.63, 3.8) is 0 Å². The molecule has 0 saturated carbocycles. The van der Waals surface area contributed by atoms with Crippen molar-refractivity contribution < 1.29 is 4.52 Å². The lowest BCUT2D eigenvalue weighted by molar-refractivity contribution is 0.379. The van der Waals surface area contributed by atoms with Crippen LogP contribution in [0, 0.1) is 0 Å². The standard InChI is InChI=1S/C13H14N4OS/c1-2-4-10(5-3-1)11-8-19-13(17-11)14-7-6-12-15-9-16-18-12/h1-5,9,11H,6-8H2,(H,14,17). The first-order chi connectivity index (χ1) is 9.42. The van der Waals surface area contributed by atoms with Gasteiger partial charge in [0.25, 0.3) is 0 Å². The van der Waals surface area contributed by atoms with Crippen molar-refractivity contribution >= 4 is 16.9 Å². The molecular weight excluding hydrogens is 260 g/mol. The van der Waals surface area contributed by atoms with Crippen LogP contribution in [0.1, 0.15) is 17.5 Å². The fourth-order valence-electron chi connectivity index (χ4n) is 1.91. The fourth-order valence-corrected chi connectivity index (χ4v) is 2.92. The first-order valence-electron chi connectivity index (χ1n) is 6.16. The summed E-state index contributed by atoms with van der Waals surface area (Å²) in [5.74, 6) is 1.65. The number of thioether (sulfide) groups is 1. The normalized spacial score (nSPS) is 20.6. The van der Waals surface area contributed by atoms with Crippen LogP contribution in [0.15, 0.2) is 46.2 Å². The molecule has 1 aliphatic heterocycles. The Bertz CT molecular complexity index is 541. The maximum Gasteiger partial charge on any atom is 0.228 e. The summed E-state index contributed by atoms with van der Waals surface area (Å²) in [6.07, 6.45) is 2.10. The number of benzene rings is 1. The molecule has 1 fully saturated rings. The summed E-state index contributed by atoms with van der Waals surface area (Å²) in [6.45, 7) is 0.666. The lowest BCUT2D eigenvalue weighted by Crippen LogP contribution is -2.19. The van der Waals surface area contributed by atoms with E-state index in [9.17, 15) is 0 Å². The van der Waals surface area contributed by atoms with E-state index in [2.05, 4.69) is 44.7 Å². The van der Waals surface area contributed by atoms with Gasteiger partial charge in [0.2, 0.25) is 5.89 Å². The Morgan fingerprint density at radius 2 is 2.26 bits per heavy atom. The van der Waals surface area contributed by atoms with Crippen molar-refractivity contribution in [1.82, 2.24) is 15.5 Å². The van der Waals surface area contributed by atoms with Gasteiger partial charge in [-0.25, -0.2) is 0 Å². The number of aliphatic imine (C=N–C) groups is 1. The van der Waals surface area contributed by atoms with E-state index in [0.717, 1.165) is 10.9 Å². The van der Waals surface area contributed by atoms with E-state index < -0.39 is 0 Å². The quantitative estimate of drug-likeness (QED) is 0.924. The van der Waals surface area contributed by atoms with Crippen molar-refractivity contribution in [2.45, 2.75) is 12.5 Å². The maximum atomic E-state index is 4.93. The molecule has 98 valence electrons. The van der Waals surface area contributed by atoms with E-state index in [4.69, 9.17) is 4.52 Å². The zero-order valence-electron chi connectivity index (χ0n) is 10.3. The van der Waals surface area contributed by atoms with E-state index in [-0.39, 0.29) is 0 Å². The Hall–Kier alpha value is -1.82. The van der Waals surface area contributed by atoms with Crippen LogP contribution in [-0.4, -0.2) is 27.6 Å². The zero-order valence-corrected chi connectivity index (χ0v) is 11.1. The van der Waals surface area contributed by atoms with Crippen LogP contribution in [0.2, 0.25) is 0 Å². The summed E-state index contributed by atoms with van der Waals surface area (Å²) < 4.78 is 4.93. The molecule has 0 amide bonds. The number of nitrogens with one attached hydrogen (secondary N) is 1. The van der Waals surface area contributed by atoms with Crippen molar-refractivity contribution in [2.24, 2.45) is 4.99 Å². The maximum absolute atomic E-state index is 4.93. The number of nitrogens with zero attached hydrogens (tertiary/aromatic N) is 3. The summed E-state index contributed by atoms with van der Waals surface area (Å²) in [5.41, 5.74) is 1.30. The summed E-state index contributed by atoms with van der Waals surface area (Å²) in [4.78, 5) is 8.48. The van der Waals surface area contributed by atoms with E-state index in [1.807, 2.05) is 6.07 Å². The van der Waals surface area contributed by atoms with E-state index in [1.54, 1.807) is 11.8 Å². The van der Waals surface area contributed by atoms with Gasteiger partial charge < -0.3 is 9.84 Å². The van der Waals surface area contributed by atoms with Gasteiger partial charge in [-0.05, 0) is 5.56 Å². The highest BCUT2D eigenvalue weighted by Gasteiger charge is 2.21. The summed E-state index contributed by atoms with van der Waals surface area (Å²) in [7, 11) is 0. The molecule has 1 aromatic carbocycles. The third-order valence-electron chi connectivity index (χ3n) is 2.87. The van der Waals surface area contributed by atoms with Gasteiger partial charge in [-0.15, -0.1) is 0 Å². The molecule has 1 unspecified atom stereocenters. The van der Waals surface area contributed by atoms with Crippen molar-refractivity contribution in [3.8, 4) is 0 Å². The minimum Gasteiger partial charge on any atom is -0.357 e. The summed E-state index contributed by atoms with van der Waals surface area (Å²) >= 11 is 1.75. The average Bonchev–Trinajstić information content (AvgIpc) is 3.11. The van der Waals surface area contributed by atoms with Crippen molar-refractivity contribution in [3.05, 3.63) is 48.1 Å². The summed E-state index contributed by atoms with van der Waals surface area (Å²) in [6, 6.07) is 10.8. The van der Waals surface area contributed by atoms with Crippen molar-refractivity contribution in [1.29, 1.82) is 0 Å². The third-order valence-corrected chi connectivity index (χ3v) is 3.89. The highest BCUT2D eigenvalue weighted by Crippen LogP contribution is 2.25. The predicted octanol–water partition coefficient (Wildman–Crippen LogP) is 2.05. The molecule has 19 heavy (non-hydrogen) atoms. The number of rotatable bonds is 4. The van der Waals surface area contributed by atoms with Gasteiger partial charge in [0.05, 0.1) is 12.6 Å². The lowest BCUT2D eigenvalue weighted by atomic mass is 10.1. The van der Waals surface area contributed by atoms with Gasteiger partial charge >= 0.3 is 0 Å². The molecule has 3 rings (SSSR count). The van der Waals surface area contributed by atoms with Gasteiger partial charge in [-0.2, -0.15) is 4.98 Å². The van der Waals surface area contributed by atoms with E-state index in [0.29, 0.717) is 24.9 Å². The van der Waals surface area contributed by atoms with Crippen LogP contribution >= 0.6 is 11.8 Å². The number of hydrogen-bond acceptors (Lipinski definition) is 5. The number of hydrogen-bond donors (Lipinski definition) is 1. The Balaban J connectivity index is 1.54. The Morgan fingerprint density at radius 3 is 3.05 bits per heavy atom. The second-order valence-corrected chi connectivity index (χ2v) is 5.20. The molecule has 0 aliphatic carbocycles. The Kier molecular flexibility index (Phi) is 3.78. The van der Waals surface area contributed by atoms with Crippen molar-refractivity contribution in [2.75, 3.05) is 12.3 Å². The molecule has 1 aromatic heterocycles. The molecule has 6 heteroatoms. The molecule has 1 N–H and O–H groups in total. The fraction of sp³-hybridized carbons (Fsp3) is 0.308. The van der Waals surface area contributed by atoms with Gasteiger partial charge in [0.15, 0.2) is 11.5 Å². The zero-order chi connectivity index (χ0) is 12.9. The largest absolute Gasteiger partial charge is 0.357 e. The van der Waals surface area contributed by atoms with Gasteiger partial charge in [-0.1, -0.05) is 47.3 Å². The molecule has 0 spiro atoms. The van der Waals surface area contributed by atoms with Crippen LogP contribution in [0.25, 0.3) is 0 Å². The Morgan fingerprint density at radius 1 is 1.37 bits per heavy atom. The minimum atomic E-state index is 0.355. The topological polar surface area (TPSA) is 63.3 Å². The molecule has 1 aliphatic rings. The SMILES string of the molecule is c1ccc(C2CSC(=NCCc3ncno3)N2)cc1. The van der Waals surface area contributed by atoms with E-state index in [1.165, 1.54) is 11.9 Å². The smallest absolute Gasteiger partial charge is 0.228 e. The minimum absolute atomic E-state index is 0.355. The predicted molar refractivity (Wildman–Crippen MR) is 75.1 cm³/mol. The van der Waals surface area contributed by atoms with Gasteiger partial charge in [0.1, 0.15) is 0 Å². The first kappa shape index (κ1) is 12.2. The second kappa shape index (κ2) is 5.88. The van der Waals surface area contributed by atoms with Crippen LogP contribution in [0.4, 0.5) is 0 Å². The number of amidine groups is 1. The molecular formula is C13H14N4OS. The highest BCUT2D eigenvalue weighted by molar-refractivity contribution is 8.14.